The fourth-order valence-corrected chi connectivity index (χ4v) is 4.68. The number of rotatable bonds is 5. The van der Waals surface area contributed by atoms with Gasteiger partial charge in [0, 0.05) is 59.1 Å². The van der Waals surface area contributed by atoms with Crippen LogP contribution in [-0.4, -0.2) is 65.5 Å². The van der Waals surface area contributed by atoms with Gasteiger partial charge in [-0.3, -0.25) is 9.58 Å². The lowest BCUT2D eigenvalue weighted by Gasteiger charge is -2.35. The first-order valence-corrected chi connectivity index (χ1v) is 10.9. The molecule has 0 spiro atoms. The van der Waals surface area contributed by atoms with Crippen LogP contribution in [0.3, 0.4) is 0 Å². The van der Waals surface area contributed by atoms with Crippen molar-refractivity contribution in [1.82, 2.24) is 25.0 Å². The molecule has 30 heavy (non-hydrogen) atoms. The molecule has 158 valence electrons. The highest BCUT2D eigenvalue weighted by Crippen LogP contribution is 2.35. The molecule has 4 heterocycles. The fourth-order valence-electron chi connectivity index (χ4n) is 4.68. The largest absolute Gasteiger partial charge is 0.492 e. The number of fused-ring (bicyclic) bond motifs is 2. The Kier molecular flexibility index (Phi) is 5.31. The number of anilines is 1. The second-order valence-electron chi connectivity index (χ2n) is 8.42. The second-order valence-corrected chi connectivity index (χ2v) is 8.42. The molecule has 2 aliphatic rings. The number of nitrogens with one attached hydrogen (secondary N) is 1. The van der Waals surface area contributed by atoms with Gasteiger partial charge in [-0.05, 0) is 35.2 Å². The van der Waals surface area contributed by atoms with E-state index >= 15 is 0 Å². The first-order valence-electron chi connectivity index (χ1n) is 10.9. The Morgan fingerprint density at radius 3 is 2.93 bits per heavy atom. The van der Waals surface area contributed by atoms with E-state index in [0.29, 0.717) is 5.92 Å². The lowest BCUT2D eigenvalue weighted by Crippen LogP contribution is -2.44. The standard InChI is InChI=1S/C23H30N6O/c1-17-15-29(22-5-6-25-23-21(22)14-26-27(23)2)16-18-3-4-19(13-20(17)18)30-12-11-28-9-7-24-8-10-28/h3-6,13-14,17,24H,7-12,15-16H2,1-2H3/t17-/m0/s1. The van der Waals surface area contributed by atoms with Crippen LogP contribution in [0.1, 0.15) is 24.0 Å². The molecule has 3 aromatic rings. The van der Waals surface area contributed by atoms with Crippen molar-refractivity contribution in [3.8, 4) is 5.75 Å². The summed E-state index contributed by atoms with van der Waals surface area (Å²) in [6.45, 7) is 10.3. The van der Waals surface area contributed by atoms with E-state index in [1.807, 2.05) is 24.1 Å². The van der Waals surface area contributed by atoms with Gasteiger partial charge in [0.25, 0.3) is 0 Å². The number of ether oxygens (including phenoxy) is 1. The maximum atomic E-state index is 6.10. The maximum Gasteiger partial charge on any atom is 0.159 e. The molecule has 7 nitrogen and oxygen atoms in total. The zero-order chi connectivity index (χ0) is 20.5. The molecule has 1 fully saturated rings. The monoisotopic (exact) mass is 406 g/mol. The maximum absolute atomic E-state index is 6.10. The minimum Gasteiger partial charge on any atom is -0.492 e. The van der Waals surface area contributed by atoms with E-state index in [1.54, 1.807) is 0 Å². The van der Waals surface area contributed by atoms with E-state index in [4.69, 9.17) is 4.74 Å². The number of hydrogen-bond acceptors (Lipinski definition) is 6. The quantitative estimate of drug-likeness (QED) is 0.702. The first kappa shape index (κ1) is 19.3. The number of aromatic nitrogens is 3. The summed E-state index contributed by atoms with van der Waals surface area (Å²) in [6.07, 6.45) is 3.81. The molecule has 0 aliphatic carbocycles. The number of aryl methyl sites for hydroxylation is 1. The van der Waals surface area contributed by atoms with Gasteiger partial charge in [0.2, 0.25) is 0 Å². The molecule has 7 heteroatoms. The highest BCUT2D eigenvalue weighted by molar-refractivity contribution is 5.89. The van der Waals surface area contributed by atoms with Gasteiger partial charge in [-0.25, -0.2) is 4.98 Å². The van der Waals surface area contributed by atoms with Crippen LogP contribution in [0.4, 0.5) is 5.69 Å². The number of hydrogen-bond donors (Lipinski definition) is 1. The highest BCUT2D eigenvalue weighted by atomic mass is 16.5. The van der Waals surface area contributed by atoms with E-state index in [1.165, 1.54) is 16.8 Å². The number of pyridine rings is 1. The van der Waals surface area contributed by atoms with Crippen molar-refractivity contribution in [1.29, 1.82) is 0 Å². The Balaban J connectivity index is 1.29. The summed E-state index contributed by atoms with van der Waals surface area (Å²) >= 11 is 0. The Bertz CT molecular complexity index is 1030. The Hall–Kier alpha value is -2.64. The average molecular weight is 407 g/mol. The van der Waals surface area contributed by atoms with E-state index < -0.39 is 0 Å². The van der Waals surface area contributed by atoms with Crippen molar-refractivity contribution in [2.75, 3.05) is 50.8 Å². The third kappa shape index (κ3) is 3.75. The van der Waals surface area contributed by atoms with Crippen LogP contribution in [-0.2, 0) is 13.6 Å². The topological polar surface area (TPSA) is 58.5 Å². The van der Waals surface area contributed by atoms with Crippen LogP contribution in [0, 0.1) is 0 Å². The fraction of sp³-hybridized carbons (Fsp3) is 0.478. The zero-order valence-corrected chi connectivity index (χ0v) is 17.8. The van der Waals surface area contributed by atoms with Crippen LogP contribution in [0.5, 0.6) is 5.75 Å². The van der Waals surface area contributed by atoms with Gasteiger partial charge in [-0.15, -0.1) is 0 Å². The van der Waals surface area contributed by atoms with Crippen molar-refractivity contribution in [2.45, 2.75) is 19.4 Å². The summed E-state index contributed by atoms with van der Waals surface area (Å²) < 4.78 is 7.94. The molecule has 5 rings (SSSR count). The summed E-state index contributed by atoms with van der Waals surface area (Å²) in [6, 6.07) is 8.72. The van der Waals surface area contributed by atoms with Crippen LogP contribution in [0.2, 0.25) is 0 Å². The van der Waals surface area contributed by atoms with Crippen molar-refractivity contribution in [3.05, 3.63) is 47.8 Å². The molecule has 1 N–H and O–H groups in total. The molecular weight excluding hydrogens is 376 g/mol. The van der Waals surface area contributed by atoms with Crippen LogP contribution < -0.4 is 15.0 Å². The summed E-state index contributed by atoms with van der Waals surface area (Å²) in [7, 11) is 1.94. The Labute approximate surface area is 177 Å². The zero-order valence-electron chi connectivity index (χ0n) is 17.8. The minimum atomic E-state index is 0.436. The summed E-state index contributed by atoms with van der Waals surface area (Å²) in [4.78, 5) is 9.39. The molecule has 2 aliphatic heterocycles. The molecular formula is C23H30N6O. The van der Waals surface area contributed by atoms with E-state index in [0.717, 1.165) is 69.2 Å². The lowest BCUT2D eigenvalue weighted by molar-refractivity contribution is 0.191. The third-order valence-electron chi connectivity index (χ3n) is 6.34. The third-order valence-corrected chi connectivity index (χ3v) is 6.34. The first-order chi connectivity index (χ1) is 14.7. The van der Waals surface area contributed by atoms with Gasteiger partial charge in [0.15, 0.2) is 5.65 Å². The predicted octanol–water partition coefficient (Wildman–Crippen LogP) is 2.38. The molecule has 1 atom stereocenters. The summed E-state index contributed by atoms with van der Waals surface area (Å²) in [5.74, 6) is 1.42. The SMILES string of the molecule is C[C@H]1CN(c2ccnc3c2cnn3C)Cc2ccc(OCCN3CCNCC3)cc21. The van der Waals surface area contributed by atoms with Crippen LogP contribution in [0.25, 0.3) is 11.0 Å². The van der Waals surface area contributed by atoms with Crippen molar-refractivity contribution in [3.63, 3.8) is 0 Å². The summed E-state index contributed by atoms with van der Waals surface area (Å²) in [5.41, 5.74) is 4.92. The molecule has 0 radical (unpaired) electrons. The van der Waals surface area contributed by atoms with Gasteiger partial charge in [0.05, 0.1) is 17.3 Å². The average Bonchev–Trinajstić information content (AvgIpc) is 3.16. The highest BCUT2D eigenvalue weighted by Gasteiger charge is 2.25. The van der Waals surface area contributed by atoms with Gasteiger partial charge >= 0.3 is 0 Å². The van der Waals surface area contributed by atoms with E-state index in [2.05, 4.69) is 56.4 Å². The van der Waals surface area contributed by atoms with Crippen molar-refractivity contribution in [2.24, 2.45) is 7.05 Å². The minimum absolute atomic E-state index is 0.436. The number of benzene rings is 1. The molecule has 0 saturated carbocycles. The molecule has 0 bridgehead atoms. The summed E-state index contributed by atoms with van der Waals surface area (Å²) in [5, 5.41) is 8.90. The van der Waals surface area contributed by atoms with Crippen molar-refractivity contribution < 1.29 is 4.74 Å². The second kappa shape index (κ2) is 8.24. The van der Waals surface area contributed by atoms with Crippen LogP contribution >= 0.6 is 0 Å². The predicted molar refractivity (Wildman–Crippen MR) is 119 cm³/mol. The van der Waals surface area contributed by atoms with Gasteiger partial charge in [-0.1, -0.05) is 13.0 Å². The molecule has 2 aromatic heterocycles. The molecule has 1 aromatic carbocycles. The molecule has 1 saturated heterocycles. The number of nitrogens with zero attached hydrogens (tertiary/aromatic N) is 5. The number of piperazine rings is 1. The van der Waals surface area contributed by atoms with Gasteiger partial charge < -0.3 is 15.0 Å². The van der Waals surface area contributed by atoms with E-state index in [9.17, 15) is 0 Å². The lowest BCUT2D eigenvalue weighted by atomic mass is 9.90. The van der Waals surface area contributed by atoms with Crippen molar-refractivity contribution >= 4 is 16.7 Å². The van der Waals surface area contributed by atoms with Gasteiger partial charge in [0.1, 0.15) is 12.4 Å². The van der Waals surface area contributed by atoms with Crippen LogP contribution in [0.15, 0.2) is 36.7 Å². The smallest absolute Gasteiger partial charge is 0.159 e. The molecule has 0 unspecified atom stereocenters. The van der Waals surface area contributed by atoms with Gasteiger partial charge in [-0.2, -0.15) is 5.10 Å². The Morgan fingerprint density at radius 1 is 1.20 bits per heavy atom. The Morgan fingerprint density at radius 2 is 2.07 bits per heavy atom. The van der Waals surface area contributed by atoms with E-state index in [-0.39, 0.29) is 0 Å². The normalized spacial score (nSPS) is 19.8. The molecule has 0 amide bonds.